The number of nitrogens with one attached hydrogen (secondary N) is 1. The lowest BCUT2D eigenvalue weighted by atomic mass is 10.5. The van der Waals surface area contributed by atoms with Crippen molar-refractivity contribution in [1.82, 2.24) is 24.1 Å². The Morgan fingerprint density at radius 3 is 2.76 bits per heavy atom. The molecule has 0 bridgehead atoms. The van der Waals surface area contributed by atoms with Gasteiger partial charge >= 0.3 is 5.69 Å². The molecule has 112 valence electrons. The highest BCUT2D eigenvalue weighted by Crippen LogP contribution is 2.15. The number of hydrogen-bond acceptors (Lipinski definition) is 5. The molecule has 0 aliphatic carbocycles. The second kappa shape index (κ2) is 5.77. The Hall–Kier alpha value is -2.01. The van der Waals surface area contributed by atoms with Crippen LogP contribution in [0.1, 0.15) is 0 Å². The fourth-order valence-corrected chi connectivity index (χ4v) is 2.36. The lowest BCUT2D eigenvalue weighted by Crippen LogP contribution is -2.37. The zero-order valence-corrected chi connectivity index (χ0v) is 13.6. The second-order valence-corrected chi connectivity index (χ2v) is 5.31. The maximum atomic E-state index is 12.2. The van der Waals surface area contributed by atoms with E-state index >= 15 is 0 Å². The molecule has 21 heavy (non-hydrogen) atoms. The average molecular weight is 374 g/mol. The number of hydrazone groups is 1. The van der Waals surface area contributed by atoms with Gasteiger partial charge in [-0.15, -0.1) is 0 Å². The Balaban J connectivity index is 2.58. The molecule has 0 amide bonds. The van der Waals surface area contributed by atoms with Crippen molar-refractivity contribution in [3.05, 3.63) is 25.6 Å². The van der Waals surface area contributed by atoms with Gasteiger partial charge in [-0.1, -0.05) is 0 Å². The molecule has 0 spiro atoms. The molecule has 0 unspecified atom stereocenters. The van der Waals surface area contributed by atoms with Crippen molar-refractivity contribution < 1.29 is 0 Å². The van der Waals surface area contributed by atoms with Crippen LogP contribution in [0.5, 0.6) is 0 Å². The molecule has 0 aliphatic heterocycles. The topological polar surface area (TPSA) is 112 Å². The number of hydrogen-bond donors (Lipinski definition) is 2. The maximum Gasteiger partial charge on any atom is 0.332 e. The van der Waals surface area contributed by atoms with E-state index in [4.69, 9.17) is 5.73 Å². The quantitative estimate of drug-likeness (QED) is 0.309. The summed E-state index contributed by atoms with van der Waals surface area (Å²) in [5, 5.41) is 3.84. The number of imidazole rings is 1. The van der Waals surface area contributed by atoms with Crippen molar-refractivity contribution in [3.63, 3.8) is 0 Å². The van der Waals surface area contributed by atoms with Crippen LogP contribution in [0.2, 0.25) is 0 Å². The summed E-state index contributed by atoms with van der Waals surface area (Å²) in [6, 6.07) is 0. The van der Waals surface area contributed by atoms with Crippen molar-refractivity contribution >= 4 is 50.6 Å². The minimum absolute atomic E-state index is 0.0408. The fraction of sp³-hybridized carbons (Fsp3) is 0.300. The van der Waals surface area contributed by atoms with Crippen molar-refractivity contribution in [2.75, 3.05) is 0 Å². The first-order valence-corrected chi connectivity index (χ1v) is 6.93. The monoisotopic (exact) mass is 373 g/mol. The van der Waals surface area contributed by atoms with Gasteiger partial charge in [-0.3, -0.25) is 19.4 Å². The molecule has 0 saturated heterocycles. The molecule has 2 aromatic heterocycles. The summed E-state index contributed by atoms with van der Waals surface area (Å²) in [5.74, 6) is 0. The van der Waals surface area contributed by atoms with Crippen LogP contribution in [0.4, 0.5) is 0 Å². The van der Waals surface area contributed by atoms with Crippen LogP contribution < -0.4 is 22.4 Å². The highest BCUT2D eigenvalue weighted by Gasteiger charge is 2.17. The third kappa shape index (κ3) is 2.74. The standard InChI is InChI=1S/C10H12BrN7O2S/c1-16-6-5(7(19)17(2)10(16)20)18(8(11)14-6)4-3-13-15-9(12)21/h3H,4H2,1-2H3,(H3,12,15,21)/b13-3-. The van der Waals surface area contributed by atoms with Gasteiger partial charge in [0.05, 0.1) is 6.54 Å². The number of thiocarbonyl (C=S) groups is 1. The minimum Gasteiger partial charge on any atom is -0.375 e. The van der Waals surface area contributed by atoms with Crippen molar-refractivity contribution in [2.24, 2.45) is 24.9 Å². The summed E-state index contributed by atoms with van der Waals surface area (Å²) in [5.41, 5.74) is 7.38. The molecule has 0 saturated carbocycles. The summed E-state index contributed by atoms with van der Waals surface area (Å²) in [4.78, 5) is 28.3. The third-order valence-electron chi connectivity index (χ3n) is 2.83. The minimum atomic E-state index is -0.437. The van der Waals surface area contributed by atoms with E-state index in [1.807, 2.05) is 0 Å². The molecule has 0 fully saturated rings. The SMILES string of the molecule is Cn1c(=O)c2c(nc(Br)n2C/C=N\NC(N)=S)n(C)c1=O. The number of aryl methyl sites for hydroxylation is 1. The van der Waals surface area contributed by atoms with Gasteiger partial charge in [-0.2, -0.15) is 5.10 Å². The van der Waals surface area contributed by atoms with E-state index in [0.717, 1.165) is 4.57 Å². The number of fused-ring (bicyclic) bond motifs is 1. The summed E-state index contributed by atoms with van der Waals surface area (Å²) in [7, 11) is 2.97. The van der Waals surface area contributed by atoms with Gasteiger partial charge in [-0.25, -0.2) is 9.78 Å². The molecule has 2 rings (SSSR count). The molecule has 0 aliphatic rings. The molecule has 9 nitrogen and oxygen atoms in total. The lowest BCUT2D eigenvalue weighted by Gasteiger charge is -2.05. The van der Waals surface area contributed by atoms with Gasteiger partial charge in [0.15, 0.2) is 21.0 Å². The van der Waals surface area contributed by atoms with Crippen molar-refractivity contribution in [3.8, 4) is 0 Å². The predicted molar refractivity (Wildman–Crippen MR) is 86.3 cm³/mol. The van der Waals surface area contributed by atoms with Crippen LogP contribution in [0.25, 0.3) is 11.2 Å². The van der Waals surface area contributed by atoms with Crippen LogP contribution in [-0.4, -0.2) is 30.0 Å². The van der Waals surface area contributed by atoms with Gasteiger partial charge in [0, 0.05) is 20.3 Å². The predicted octanol–water partition coefficient (Wildman–Crippen LogP) is -0.985. The Bertz CT molecular complexity index is 863. The first kappa shape index (κ1) is 15.4. The Labute approximate surface area is 132 Å². The molecule has 0 atom stereocenters. The smallest absolute Gasteiger partial charge is 0.332 e. The van der Waals surface area contributed by atoms with E-state index < -0.39 is 11.2 Å². The number of aromatic nitrogens is 4. The van der Waals surface area contributed by atoms with E-state index in [2.05, 4.69) is 43.7 Å². The van der Waals surface area contributed by atoms with Crippen LogP contribution >= 0.6 is 28.1 Å². The van der Waals surface area contributed by atoms with Gasteiger partial charge in [-0.05, 0) is 28.1 Å². The van der Waals surface area contributed by atoms with Crippen molar-refractivity contribution in [2.45, 2.75) is 6.54 Å². The van der Waals surface area contributed by atoms with Gasteiger partial charge in [0.2, 0.25) is 0 Å². The molecule has 11 heteroatoms. The molecule has 2 aromatic rings. The highest BCUT2D eigenvalue weighted by atomic mass is 79.9. The van der Waals surface area contributed by atoms with Gasteiger partial charge < -0.3 is 10.3 Å². The van der Waals surface area contributed by atoms with Crippen LogP contribution in [0, 0.1) is 0 Å². The Morgan fingerprint density at radius 2 is 2.14 bits per heavy atom. The molecule has 0 aromatic carbocycles. The van der Waals surface area contributed by atoms with E-state index in [9.17, 15) is 9.59 Å². The Morgan fingerprint density at radius 1 is 1.48 bits per heavy atom. The first-order chi connectivity index (χ1) is 9.84. The summed E-state index contributed by atoms with van der Waals surface area (Å²) >= 11 is 7.88. The Kier molecular flexibility index (Phi) is 4.23. The molecule has 2 heterocycles. The van der Waals surface area contributed by atoms with Gasteiger partial charge in [0.25, 0.3) is 5.56 Å². The zero-order valence-electron chi connectivity index (χ0n) is 11.2. The van der Waals surface area contributed by atoms with E-state index in [-0.39, 0.29) is 11.7 Å². The molecule has 0 radical (unpaired) electrons. The highest BCUT2D eigenvalue weighted by molar-refractivity contribution is 9.10. The number of rotatable bonds is 3. The second-order valence-electron chi connectivity index (χ2n) is 4.16. The largest absolute Gasteiger partial charge is 0.375 e. The van der Waals surface area contributed by atoms with Crippen LogP contribution in [0.3, 0.4) is 0 Å². The molecular formula is C10H12BrN7O2S. The summed E-state index contributed by atoms with van der Waals surface area (Å²) in [6.45, 7) is 0.250. The van der Waals surface area contributed by atoms with Crippen LogP contribution in [-0.2, 0) is 20.6 Å². The van der Waals surface area contributed by atoms with E-state index in [0.29, 0.717) is 15.9 Å². The number of nitrogens with zero attached hydrogens (tertiary/aromatic N) is 5. The van der Waals surface area contributed by atoms with Crippen molar-refractivity contribution in [1.29, 1.82) is 0 Å². The van der Waals surface area contributed by atoms with Gasteiger partial charge in [0.1, 0.15) is 0 Å². The normalized spacial score (nSPS) is 11.4. The zero-order chi connectivity index (χ0) is 15.7. The maximum absolute atomic E-state index is 12.2. The van der Waals surface area contributed by atoms with E-state index in [1.165, 1.54) is 17.8 Å². The summed E-state index contributed by atoms with van der Waals surface area (Å²) in [6.07, 6.45) is 1.48. The first-order valence-electron chi connectivity index (χ1n) is 5.73. The third-order valence-corrected chi connectivity index (χ3v) is 3.53. The number of halogens is 1. The van der Waals surface area contributed by atoms with Crippen LogP contribution in [0.15, 0.2) is 19.4 Å². The fourth-order valence-electron chi connectivity index (χ4n) is 1.82. The average Bonchev–Trinajstić information content (AvgIpc) is 2.76. The van der Waals surface area contributed by atoms with E-state index in [1.54, 1.807) is 11.6 Å². The lowest BCUT2D eigenvalue weighted by molar-refractivity contribution is 0.704. The molecular weight excluding hydrogens is 362 g/mol. The molecule has 3 N–H and O–H groups in total. The number of nitrogens with two attached hydrogens (primary N) is 1. The summed E-state index contributed by atoms with van der Waals surface area (Å²) < 4.78 is 4.33.